The van der Waals surface area contributed by atoms with Gasteiger partial charge in [-0.3, -0.25) is 9.59 Å². The number of hydrogen-bond acceptors (Lipinski definition) is 3. The van der Waals surface area contributed by atoms with Crippen molar-refractivity contribution in [3.05, 3.63) is 0 Å². The highest BCUT2D eigenvalue weighted by Gasteiger charge is 2.26. The van der Waals surface area contributed by atoms with E-state index in [1.807, 2.05) is 0 Å². The zero-order valence-electron chi connectivity index (χ0n) is 10.5. The average molecular weight is 258 g/mol. The van der Waals surface area contributed by atoms with Gasteiger partial charge in [-0.1, -0.05) is 19.8 Å². The molecule has 0 spiro atoms. The molecule has 1 saturated carbocycles. The van der Waals surface area contributed by atoms with Crippen LogP contribution in [0, 0.1) is 5.92 Å². The van der Waals surface area contributed by atoms with Gasteiger partial charge in [-0.25, -0.2) is 0 Å². The minimum Gasteiger partial charge on any atom is -0.351 e. The zero-order valence-corrected chi connectivity index (χ0v) is 11.4. The lowest BCUT2D eigenvalue weighted by molar-refractivity contribution is -0.128. The van der Waals surface area contributed by atoms with Gasteiger partial charge in [-0.05, 0) is 18.8 Å². The van der Waals surface area contributed by atoms with Crippen molar-refractivity contribution in [1.82, 2.24) is 10.6 Å². The number of amides is 2. The fourth-order valence-corrected chi connectivity index (χ4v) is 2.51. The van der Waals surface area contributed by atoms with E-state index >= 15 is 0 Å². The van der Waals surface area contributed by atoms with Crippen molar-refractivity contribution >= 4 is 24.4 Å². The van der Waals surface area contributed by atoms with Crippen molar-refractivity contribution in [2.75, 3.05) is 5.75 Å². The van der Waals surface area contributed by atoms with Crippen LogP contribution in [0.2, 0.25) is 0 Å². The minimum absolute atomic E-state index is 0.117. The molecule has 0 aromatic rings. The maximum atomic E-state index is 11.9. The van der Waals surface area contributed by atoms with Gasteiger partial charge in [-0.2, -0.15) is 12.6 Å². The van der Waals surface area contributed by atoms with Crippen molar-refractivity contribution in [3.63, 3.8) is 0 Å². The molecule has 3 unspecified atom stereocenters. The van der Waals surface area contributed by atoms with Gasteiger partial charge >= 0.3 is 0 Å². The molecule has 98 valence electrons. The minimum atomic E-state index is -0.523. The van der Waals surface area contributed by atoms with Crippen LogP contribution >= 0.6 is 12.6 Å². The van der Waals surface area contributed by atoms with Crippen LogP contribution in [0.25, 0.3) is 0 Å². The number of thiol groups is 1. The zero-order chi connectivity index (χ0) is 12.8. The smallest absolute Gasteiger partial charge is 0.243 e. The van der Waals surface area contributed by atoms with E-state index in [9.17, 15) is 9.59 Å². The molecule has 0 aliphatic heterocycles. The maximum Gasteiger partial charge on any atom is 0.243 e. The van der Waals surface area contributed by atoms with Gasteiger partial charge < -0.3 is 10.6 Å². The van der Waals surface area contributed by atoms with Gasteiger partial charge in [0.15, 0.2) is 0 Å². The molecule has 1 fully saturated rings. The van der Waals surface area contributed by atoms with Crippen LogP contribution in [0.15, 0.2) is 0 Å². The lowest BCUT2D eigenvalue weighted by Crippen LogP contribution is -2.52. The molecule has 0 bridgehead atoms. The Morgan fingerprint density at radius 1 is 1.35 bits per heavy atom. The quantitative estimate of drug-likeness (QED) is 0.662. The molecule has 1 rings (SSSR count). The van der Waals surface area contributed by atoms with Crippen LogP contribution in [0.3, 0.4) is 0 Å². The molecular weight excluding hydrogens is 236 g/mol. The summed E-state index contributed by atoms with van der Waals surface area (Å²) in [6, 6.07) is -0.280. The summed E-state index contributed by atoms with van der Waals surface area (Å²) in [6.07, 6.45) is 4.61. The Kier molecular flexibility index (Phi) is 5.82. The van der Waals surface area contributed by atoms with Gasteiger partial charge in [0.1, 0.15) is 6.04 Å². The number of carbonyl (C=O) groups is 2. The van der Waals surface area contributed by atoms with E-state index in [2.05, 4.69) is 30.2 Å². The fraction of sp³-hybridized carbons (Fsp3) is 0.833. The lowest BCUT2D eigenvalue weighted by Gasteiger charge is -2.30. The fourth-order valence-electron chi connectivity index (χ4n) is 2.25. The van der Waals surface area contributed by atoms with Crippen molar-refractivity contribution in [3.8, 4) is 0 Å². The number of rotatable bonds is 4. The number of hydrogen-bond donors (Lipinski definition) is 3. The van der Waals surface area contributed by atoms with Crippen LogP contribution in [0.1, 0.15) is 39.5 Å². The third-order valence-electron chi connectivity index (χ3n) is 3.32. The number of nitrogens with one attached hydrogen (secondary N) is 2. The van der Waals surface area contributed by atoms with Crippen molar-refractivity contribution in [2.45, 2.75) is 51.6 Å². The van der Waals surface area contributed by atoms with E-state index in [1.54, 1.807) is 0 Å². The van der Waals surface area contributed by atoms with Gasteiger partial charge in [-0.15, -0.1) is 0 Å². The van der Waals surface area contributed by atoms with Crippen molar-refractivity contribution in [1.29, 1.82) is 0 Å². The van der Waals surface area contributed by atoms with Crippen LogP contribution in [-0.4, -0.2) is 29.7 Å². The molecule has 2 N–H and O–H groups in total. The first-order chi connectivity index (χ1) is 8.04. The van der Waals surface area contributed by atoms with Crippen LogP contribution in [0.4, 0.5) is 0 Å². The van der Waals surface area contributed by atoms with E-state index in [0.717, 1.165) is 12.8 Å². The first kappa shape index (κ1) is 14.4. The second kappa shape index (κ2) is 6.89. The molecule has 0 heterocycles. The molecule has 2 amide bonds. The molecule has 0 saturated heterocycles. The average Bonchev–Trinajstić information content (AvgIpc) is 2.28. The van der Waals surface area contributed by atoms with E-state index in [4.69, 9.17) is 0 Å². The Morgan fingerprint density at radius 2 is 2.00 bits per heavy atom. The van der Waals surface area contributed by atoms with Gasteiger partial charge in [0.05, 0.1) is 0 Å². The lowest BCUT2D eigenvalue weighted by atomic mass is 9.86. The summed E-state index contributed by atoms with van der Waals surface area (Å²) < 4.78 is 0. The Balaban J connectivity index is 2.47. The molecule has 0 radical (unpaired) electrons. The van der Waals surface area contributed by atoms with Crippen LogP contribution in [-0.2, 0) is 9.59 Å². The highest BCUT2D eigenvalue weighted by atomic mass is 32.1. The SMILES string of the molecule is CC(=O)NC(CS)C(=O)NC1CCCCC1C. The highest BCUT2D eigenvalue weighted by Crippen LogP contribution is 2.23. The predicted octanol–water partition coefficient (Wildman–Crippen LogP) is 1.12. The van der Waals surface area contributed by atoms with Crippen molar-refractivity contribution in [2.24, 2.45) is 5.92 Å². The molecule has 0 aromatic carbocycles. The topological polar surface area (TPSA) is 58.2 Å². The summed E-state index contributed by atoms with van der Waals surface area (Å²) in [5.74, 6) is 0.530. The van der Waals surface area contributed by atoms with Gasteiger partial charge in [0, 0.05) is 18.7 Å². The summed E-state index contributed by atoms with van der Waals surface area (Å²) in [5, 5.41) is 5.63. The standard InChI is InChI=1S/C12H22N2O2S/c1-8-5-3-4-6-10(8)14-12(16)11(7-17)13-9(2)15/h8,10-11,17H,3-7H2,1-2H3,(H,13,15)(H,14,16). The highest BCUT2D eigenvalue weighted by molar-refractivity contribution is 7.80. The molecule has 0 aromatic heterocycles. The summed E-state index contributed by atoms with van der Waals surface area (Å²) in [5.41, 5.74) is 0. The summed E-state index contributed by atoms with van der Waals surface area (Å²) in [6.45, 7) is 3.57. The summed E-state index contributed by atoms with van der Waals surface area (Å²) in [4.78, 5) is 22.9. The van der Waals surface area contributed by atoms with Gasteiger partial charge in [0.2, 0.25) is 11.8 Å². The summed E-state index contributed by atoms with van der Waals surface area (Å²) >= 11 is 4.09. The van der Waals surface area contributed by atoms with E-state index in [1.165, 1.54) is 19.8 Å². The monoisotopic (exact) mass is 258 g/mol. The predicted molar refractivity (Wildman–Crippen MR) is 71.0 cm³/mol. The van der Waals surface area contributed by atoms with Crippen LogP contribution in [0.5, 0.6) is 0 Å². The normalized spacial score (nSPS) is 26.1. The molecule has 3 atom stereocenters. The third-order valence-corrected chi connectivity index (χ3v) is 3.68. The Bertz CT molecular complexity index is 284. The van der Waals surface area contributed by atoms with Gasteiger partial charge in [0.25, 0.3) is 0 Å². The Hall–Kier alpha value is -0.710. The van der Waals surface area contributed by atoms with Crippen molar-refractivity contribution < 1.29 is 9.59 Å². The first-order valence-electron chi connectivity index (χ1n) is 6.23. The Labute approximate surface area is 108 Å². The molecule has 17 heavy (non-hydrogen) atoms. The third kappa shape index (κ3) is 4.58. The van der Waals surface area contributed by atoms with Crippen LogP contribution < -0.4 is 10.6 Å². The Morgan fingerprint density at radius 3 is 2.53 bits per heavy atom. The molecule has 1 aliphatic carbocycles. The largest absolute Gasteiger partial charge is 0.351 e. The number of carbonyl (C=O) groups excluding carboxylic acids is 2. The molecule has 4 nitrogen and oxygen atoms in total. The molecule has 5 heteroatoms. The van der Waals surface area contributed by atoms with E-state index < -0.39 is 6.04 Å². The first-order valence-corrected chi connectivity index (χ1v) is 6.86. The second-order valence-corrected chi connectivity index (χ2v) is 5.18. The molecule has 1 aliphatic rings. The van der Waals surface area contributed by atoms with E-state index in [0.29, 0.717) is 11.7 Å². The second-order valence-electron chi connectivity index (χ2n) is 4.81. The maximum absolute atomic E-state index is 11.9. The van der Waals surface area contributed by atoms with E-state index in [-0.39, 0.29) is 17.9 Å². The summed E-state index contributed by atoms with van der Waals surface area (Å²) in [7, 11) is 0. The molecular formula is C12H22N2O2S.